The molecule has 2 heteroatoms. The van der Waals surface area contributed by atoms with E-state index in [1.54, 1.807) is 0 Å². The topological polar surface area (TPSA) is 21.3 Å². The minimum absolute atomic E-state index is 0.499. The first-order chi connectivity index (χ1) is 6.74. The van der Waals surface area contributed by atoms with Crippen LogP contribution < -0.4 is 5.32 Å². The Morgan fingerprint density at radius 1 is 1.29 bits per heavy atom. The minimum atomic E-state index is 0.499. The zero-order chi connectivity index (χ0) is 10.0. The quantitative estimate of drug-likeness (QED) is 0.675. The van der Waals surface area contributed by atoms with Gasteiger partial charge in [0.25, 0.3) is 0 Å². The van der Waals surface area contributed by atoms with Crippen LogP contribution in [0.15, 0.2) is 0 Å². The third-order valence-corrected chi connectivity index (χ3v) is 3.81. The van der Waals surface area contributed by atoms with Gasteiger partial charge in [-0.15, -0.1) is 0 Å². The summed E-state index contributed by atoms with van der Waals surface area (Å²) in [6.45, 7) is 4.55. The van der Waals surface area contributed by atoms with Gasteiger partial charge in [0.2, 0.25) is 0 Å². The number of hydrogen-bond donors (Lipinski definition) is 1. The molecule has 2 aliphatic rings. The Morgan fingerprint density at radius 2 is 2.00 bits per heavy atom. The number of nitrogens with one attached hydrogen (secondary N) is 1. The van der Waals surface area contributed by atoms with Gasteiger partial charge in [-0.25, -0.2) is 0 Å². The van der Waals surface area contributed by atoms with Gasteiger partial charge in [0.15, 0.2) is 0 Å². The van der Waals surface area contributed by atoms with Gasteiger partial charge >= 0.3 is 0 Å². The Hall–Kier alpha value is -0.0800. The molecule has 0 bridgehead atoms. The van der Waals surface area contributed by atoms with E-state index in [4.69, 9.17) is 4.74 Å². The lowest BCUT2D eigenvalue weighted by molar-refractivity contribution is 0.128. The molecule has 2 fully saturated rings. The zero-order valence-corrected chi connectivity index (χ0v) is 9.51. The molecule has 82 valence electrons. The molecule has 0 spiro atoms. The van der Waals surface area contributed by atoms with Crippen LogP contribution in [0.2, 0.25) is 0 Å². The number of ether oxygens (including phenoxy) is 1. The molecule has 0 saturated heterocycles. The van der Waals surface area contributed by atoms with Crippen LogP contribution in [0.4, 0.5) is 0 Å². The van der Waals surface area contributed by atoms with E-state index in [9.17, 15) is 0 Å². The Labute approximate surface area is 87.4 Å². The average Bonchev–Trinajstić information content (AvgIpc) is 3.05. The van der Waals surface area contributed by atoms with Crippen molar-refractivity contribution < 1.29 is 4.74 Å². The number of methoxy groups -OCH3 is 1. The molecule has 2 rings (SSSR count). The summed E-state index contributed by atoms with van der Waals surface area (Å²) in [6, 6.07) is 0.843. The summed E-state index contributed by atoms with van der Waals surface area (Å²) in [5.41, 5.74) is 0.499. The summed E-state index contributed by atoms with van der Waals surface area (Å²) in [7, 11) is 1.81. The van der Waals surface area contributed by atoms with E-state index >= 15 is 0 Å². The smallest absolute Gasteiger partial charge is 0.0468 e. The fourth-order valence-electron chi connectivity index (χ4n) is 2.22. The van der Waals surface area contributed by atoms with Crippen molar-refractivity contribution in [2.75, 3.05) is 20.3 Å². The third kappa shape index (κ3) is 2.71. The lowest BCUT2D eigenvalue weighted by Crippen LogP contribution is -2.35. The second-order valence-corrected chi connectivity index (χ2v) is 5.33. The average molecular weight is 197 g/mol. The predicted molar refractivity (Wildman–Crippen MR) is 58.3 cm³/mol. The van der Waals surface area contributed by atoms with Crippen molar-refractivity contribution in [1.29, 1.82) is 0 Å². The van der Waals surface area contributed by atoms with Gasteiger partial charge in [-0.05, 0) is 43.4 Å². The van der Waals surface area contributed by atoms with Gasteiger partial charge in [-0.2, -0.15) is 0 Å². The monoisotopic (exact) mass is 197 g/mol. The van der Waals surface area contributed by atoms with Crippen molar-refractivity contribution in [2.45, 2.75) is 45.1 Å². The second kappa shape index (κ2) is 4.19. The molecule has 2 saturated carbocycles. The van der Waals surface area contributed by atoms with Gasteiger partial charge in [0, 0.05) is 26.3 Å². The first kappa shape index (κ1) is 10.4. The van der Waals surface area contributed by atoms with Gasteiger partial charge in [-0.1, -0.05) is 6.92 Å². The fourth-order valence-corrected chi connectivity index (χ4v) is 2.22. The molecular weight excluding hydrogens is 174 g/mol. The highest BCUT2D eigenvalue weighted by Gasteiger charge is 2.41. The minimum Gasteiger partial charge on any atom is -0.385 e. The maximum Gasteiger partial charge on any atom is 0.0468 e. The molecule has 0 aromatic heterocycles. The van der Waals surface area contributed by atoms with E-state index in [-0.39, 0.29) is 0 Å². The van der Waals surface area contributed by atoms with E-state index in [2.05, 4.69) is 12.2 Å². The molecule has 0 heterocycles. The second-order valence-electron chi connectivity index (χ2n) is 5.33. The Morgan fingerprint density at radius 3 is 2.50 bits per heavy atom. The molecule has 1 unspecified atom stereocenters. The van der Waals surface area contributed by atoms with Crippen molar-refractivity contribution in [3.8, 4) is 0 Å². The molecule has 0 radical (unpaired) electrons. The van der Waals surface area contributed by atoms with E-state index in [1.165, 1.54) is 38.6 Å². The van der Waals surface area contributed by atoms with Crippen LogP contribution in [0.25, 0.3) is 0 Å². The van der Waals surface area contributed by atoms with E-state index in [0.29, 0.717) is 5.41 Å². The van der Waals surface area contributed by atoms with Crippen LogP contribution >= 0.6 is 0 Å². The van der Waals surface area contributed by atoms with Crippen LogP contribution in [0.5, 0.6) is 0 Å². The van der Waals surface area contributed by atoms with Gasteiger partial charge in [-0.3, -0.25) is 0 Å². The van der Waals surface area contributed by atoms with E-state index < -0.39 is 0 Å². The summed E-state index contributed by atoms with van der Waals surface area (Å²) in [5, 5.41) is 3.67. The SMILES string of the molecule is COCCC(C)(CNC1CC1)C1CC1. The molecule has 1 N–H and O–H groups in total. The first-order valence-corrected chi connectivity index (χ1v) is 5.97. The molecule has 0 aliphatic heterocycles. The summed E-state index contributed by atoms with van der Waals surface area (Å²) >= 11 is 0. The third-order valence-electron chi connectivity index (χ3n) is 3.81. The van der Waals surface area contributed by atoms with E-state index in [0.717, 1.165) is 18.6 Å². The molecule has 14 heavy (non-hydrogen) atoms. The van der Waals surface area contributed by atoms with Crippen LogP contribution in [0.3, 0.4) is 0 Å². The fraction of sp³-hybridized carbons (Fsp3) is 1.00. The first-order valence-electron chi connectivity index (χ1n) is 5.97. The summed E-state index contributed by atoms with van der Waals surface area (Å²) in [6.07, 6.45) is 6.88. The predicted octanol–water partition coefficient (Wildman–Crippen LogP) is 2.19. The maximum absolute atomic E-state index is 5.21. The highest BCUT2D eigenvalue weighted by Crippen LogP contribution is 2.47. The molecule has 0 aromatic carbocycles. The van der Waals surface area contributed by atoms with Crippen LogP contribution in [0.1, 0.15) is 39.0 Å². The molecule has 2 aliphatic carbocycles. The lowest BCUT2D eigenvalue weighted by atomic mass is 9.81. The van der Waals surface area contributed by atoms with Gasteiger partial charge in [0.1, 0.15) is 0 Å². The molecule has 2 nitrogen and oxygen atoms in total. The Kier molecular flexibility index (Phi) is 3.13. The van der Waals surface area contributed by atoms with Crippen LogP contribution in [-0.4, -0.2) is 26.3 Å². The van der Waals surface area contributed by atoms with Crippen molar-refractivity contribution in [2.24, 2.45) is 11.3 Å². The highest BCUT2D eigenvalue weighted by molar-refractivity contribution is 4.94. The largest absolute Gasteiger partial charge is 0.385 e. The van der Waals surface area contributed by atoms with Crippen molar-refractivity contribution in [3.63, 3.8) is 0 Å². The highest BCUT2D eigenvalue weighted by atomic mass is 16.5. The molecule has 0 aromatic rings. The zero-order valence-electron chi connectivity index (χ0n) is 9.51. The van der Waals surface area contributed by atoms with Gasteiger partial charge < -0.3 is 10.1 Å². The Balaban J connectivity index is 1.77. The van der Waals surface area contributed by atoms with Crippen LogP contribution in [0, 0.1) is 11.3 Å². The maximum atomic E-state index is 5.21. The molecule has 0 amide bonds. The van der Waals surface area contributed by atoms with Gasteiger partial charge in [0.05, 0.1) is 0 Å². The summed E-state index contributed by atoms with van der Waals surface area (Å²) in [4.78, 5) is 0. The normalized spacial score (nSPS) is 26.1. The van der Waals surface area contributed by atoms with Crippen LogP contribution in [-0.2, 0) is 4.74 Å². The summed E-state index contributed by atoms with van der Waals surface area (Å²) in [5.74, 6) is 0.962. The Bertz CT molecular complexity index is 187. The van der Waals surface area contributed by atoms with Crippen molar-refractivity contribution >= 4 is 0 Å². The standard InChI is InChI=1S/C12H23NO/c1-12(7-8-14-2,10-3-4-10)9-13-11-5-6-11/h10-11,13H,3-9H2,1-2H3. The van der Waals surface area contributed by atoms with Crippen molar-refractivity contribution in [1.82, 2.24) is 5.32 Å². The molecular formula is C12H23NO. The van der Waals surface area contributed by atoms with E-state index in [1.807, 2.05) is 7.11 Å². The number of rotatable bonds is 7. The molecule has 1 atom stereocenters. The number of hydrogen-bond acceptors (Lipinski definition) is 2. The van der Waals surface area contributed by atoms with Crippen molar-refractivity contribution in [3.05, 3.63) is 0 Å². The lowest BCUT2D eigenvalue weighted by Gasteiger charge is -2.30. The summed E-state index contributed by atoms with van der Waals surface area (Å²) < 4.78 is 5.21.